The molecular formula is C28H33BrFNO3. The van der Waals surface area contributed by atoms with Gasteiger partial charge in [0, 0.05) is 10.2 Å². The fourth-order valence-electron chi connectivity index (χ4n) is 7.12. The van der Waals surface area contributed by atoms with Crippen molar-refractivity contribution in [2.75, 3.05) is 11.9 Å². The summed E-state index contributed by atoms with van der Waals surface area (Å²) in [5.41, 5.74) is 1.40. The van der Waals surface area contributed by atoms with Crippen molar-refractivity contribution in [1.29, 1.82) is 0 Å². The van der Waals surface area contributed by atoms with Gasteiger partial charge in [0.1, 0.15) is 18.2 Å². The molecule has 4 aliphatic carbocycles. The van der Waals surface area contributed by atoms with Gasteiger partial charge in [-0.1, -0.05) is 22.4 Å². The molecule has 0 saturated heterocycles. The molecule has 6 heteroatoms. The first kappa shape index (κ1) is 23.8. The third-order valence-corrected chi connectivity index (χ3v) is 8.62. The van der Waals surface area contributed by atoms with Crippen molar-refractivity contribution in [2.24, 2.45) is 23.2 Å². The molecule has 4 fully saturated rings. The monoisotopic (exact) mass is 529 g/mol. The number of hydrogen-bond acceptors (Lipinski definition) is 3. The van der Waals surface area contributed by atoms with Crippen LogP contribution in [0.1, 0.15) is 68.1 Å². The van der Waals surface area contributed by atoms with Crippen LogP contribution in [0.2, 0.25) is 0 Å². The quantitative estimate of drug-likeness (QED) is 0.368. The Morgan fingerprint density at radius 3 is 2.38 bits per heavy atom. The van der Waals surface area contributed by atoms with E-state index in [0.717, 1.165) is 35.1 Å². The van der Waals surface area contributed by atoms with Crippen molar-refractivity contribution in [1.82, 2.24) is 0 Å². The van der Waals surface area contributed by atoms with Gasteiger partial charge < -0.3 is 15.2 Å². The van der Waals surface area contributed by atoms with Crippen LogP contribution in [-0.2, 0) is 0 Å². The first-order chi connectivity index (χ1) is 16.4. The number of anilines is 1. The lowest BCUT2D eigenvalue weighted by molar-refractivity contribution is -0.0597. The van der Waals surface area contributed by atoms with Gasteiger partial charge in [-0.05, 0) is 117 Å². The normalized spacial score (nSPS) is 28.0. The lowest BCUT2D eigenvalue weighted by Crippen LogP contribution is -2.46. The minimum atomic E-state index is -0.564. The second-order valence-electron chi connectivity index (χ2n) is 10.9. The summed E-state index contributed by atoms with van der Waals surface area (Å²) in [6.45, 7) is 0.152. The smallest absolute Gasteiger partial charge is 0.259 e. The van der Waals surface area contributed by atoms with Crippen LogP contribution in [-0.4, -0.2) is 23.7 Å². The summed E-state index contributed by atoms with van der Waals surface area (Å²) in [4.78, 5) is 12.8. The van der Waals surface area contributed by atoms with Crippen LogP contribution in [0.15, 0.2) is 46.9 Å². The minimum Gasteiger partial charge on any atom is -0.490 e. The number of carbonyl (C=O) groups is 1. The maximum absolute atomic E-state index is 13.2. The molecule has 4 saturated carbocycles. The molecule has 0 spiro atoms. The largest absolute Gasteiger partial charge is 0.490 e. The molecule has 4 bridgehead atoms. The van der Waals surface area contributed by atoms with Crippen molar-refractivity contribution in [3.05, 3.63) is 58.3 Å². The first-order valence-corrected chi connectivity index (χ1v) is 13.3. The van der Waals surface area contributed by atoms with Crippen LogP contribution in [0, 0.1) is 29.0 Å². The zero-order valence-corrected chi connectivity index (χ0v) is 21.0. The van der Waals surface area contributed by atoms with Crippen LogP contribution in [0.25, 0.3) is 0 Å². The van der Waals surface area contributed by atoms with E-state index in [1.165, 1.54) is 69.2 Å². The molecule has 2 aromatic carbocycles. The number of benzene rings is 2. The van der Waals surface area contributed by atoms with Crippen LogP contribution in [0.4, 0.5) is 10.1 Å². The Morgan fingerprint density at radius 1 is 1.09 bits per heavy atom. The van der Waals surface area contributed by atoms with E-state index in [-0.39, 0.29) is 18.3 Å². The van der Waals surface area contributed by atoms with E-state index in [0.29, 0.717) is 22.4 Å². The number of ether oxygens (including phenoxy) is 1. The molecule has 0 heterocycles. The third kappa shape index (κ3) is 5.49. The average Bonchev–Trinajstić information content (AvgIpc) is 2.78. The molecule has 1 unspecified atom stereocenters. The Hall–Kier alpha value is -1.92. The van der Waals surface area contributed by atoms with Crippen molar-refractivity contribution in [3.8, 4) is 5.75 Å². The van der Waals surface area contributed by atoms with E-state index in [1.54, 1.807) is 12.1 Å². The van der Waals surface area contributed by atoms with Crippen LogP contribution in [0.3, 0.4) is 0 Å². The topological polar surface area (TPSA) is 58.6 Å². The third-order valence-electron chi connectivity index (χ3n) is 8.13. The van der Waals surface area contributed by atoms with Gasteiger partial charge in [0.25, 0.3) is 5.91 Å². The maximum Gasteiger partial charge on any atom is 0.259 e. The zero-order valence-electron chi connectivity index (χ0n) is 19.4. The SMILES string of the molecule is O=C(Nc1ccc(F)cc1)c1cc(Br)ccc1OCC(O)CCCC12CC3CC(CC(C3)C1)C2. The highest BCUT2D eigenvalue weighted by Crippen LogP contribution is 2.61. The van der Waals surface area contributed by atoms with Gasteiger partial charge in [0.15, 0.2) is 0 Å². The standard InChI is InChI=1S/C28H33BrFNO3/c29-21-3-8-26(25(13-21)27(33)31-23-6-4-22(30)5-7-23)34-17-24(32)2-1-9-28-14-18-10-19(15-28)12-20(11-18)16-28/h3-8,13,18-20,24,32H,1-2,9-12,14-17H2,(H,31,33). The molecule has 2 aromatic rings. The second-order valence-corrected chi connectivity index (χ2v) is 11.8. The lowest BCUT2D eigenvalue weighted by Gasteiger charge is -2.57. The van der Waals surface area contributed by atoms with Crippen LogP contribution >= 0.6 is 15.9 Å². The Balaban J connectivity index is 1.13. The Morgan fingerprint density at radius 2 is 1.74 bits per heavy atom. The number of nitrogens with one attached hydrogen (secondary N) is 1. The predicted molar refractivity (Wildman–Crippen MR) is 134 cm³/mol. The second kappa shape index (κ2) is 9.98. The number of carbonyl (C=O) groups excluding carboxylic acids is 1. The minimum absolute atomic E-state index is 0.152. The number of aliphatic hydroxyl groups is 1. The number of amides is 1. The van der Waals surface area contributed by atoms with Crippen molar-refractivity contribution in [3.63, 3.8) is 0 Å². The molecule has 0 aliphatic heterocycles. The van der Waals surface area contributed by atoms with E-state index in [1.807, 2.05) is 6.07 Å². The maximum atomic E-state index is 13.2. The molecule has 2 N–H and O–H groups in total. The summed E-state index contributed by atoms with van der Waals surface area (Å²) in [7, 11) is 0. The van der Waals surface area contributed by atoms with Gasteiger partial charge in [-0.3, -0.25) is 4.79 Å². The molecule has 1 amide bonds. The highest BCUT2D eigenvalue weighted by Gasteiger charge is 2.50. The fraction of sp³-hybridized carbons (Fsp3) is 0.536. The summed E-state index contributed by atoms with van der Waals surface area (Å²) in [6, 6.07) is 10.9. The first-order valence-electron chi connectivity index (χ1n) is 12.5. The van der Waals surface area contributed by atoms with Crippen molar-refractivity contribution in [2.45, 2.75) is 63.9 Å². The molecule has 182 valence electrons. The van der Waals surface area contributed by atoms with Gasteiger partial charge >= 0.3 is 0 Å². The molecule has 6 rings (SSSR count). The Labute approximate surface area is 209 Å². The summed E-state index contributed by atoms with van der Waals surface area (Å²) in [6.07, 6.45) is 11.0. The summed E-state index contributed by atoms with van der Waals surface area (Å²) >= 11 is 3.41. The molecule has 4 aliphatic rings. The number of halogens is 2. The number of hydrogen-bond donors (Lipinski definition) is 2. The summed E-state index contributed by atoms with van der Waals surface area (Å²) in [5.74, 6) is 2.58. The number of aliphatic hydroxyl groups excluding tert-OH is 1. The van der Waals surface area contributed by atoms with E-state index >= 15 is 0 Å². The van der Waals surface area contributed by atoms with Gasteiger partial charge in [0.05, 0.1) is 11.7 Å². The van der Waals surface area contributed by atoms with Crippen molar-refractivity contribution >= 4 is 27.5 Å². The molecule has 34 heavy (non-hydrogen) atoms. The van der Waals surface area contributed by atoms with Gasteiger partial charge in [-0.15, -0.1) is 0 Å². The molecule has 1 atom stereocenters. The Bertz CT molecular complexity index is 990. The zero-order chi connectivity index (χ0) is 23.7. The predicted octanol–water partition coefficient (Wildman–Crippen LogP) is 6.97. The summed E-state index contributed by atoms with van der Waals surface area (Å²) < 4.78 is 19.8. The summed E-state index contributed by atoms with van der Waals surface area (Å²) in [5, 5.41) is 13.4. The van der Waals surface area contributed by atoms with Crippen molar-refractivity contribution < 1.29 is 19.0 Å². The van der Waals surface area contributed by atoms with Gasteiger partial charge in [-0.25, -0.2) is 4.39 Å². The lowest BCUT2D eigenvalue weighted by atomic mass is 9.48. The molecule has 4 nitrogen and oxygen atoms in total. The van der Waals surface area contributed by atoms with E-state index in [2.05, 4.69) is 21.2 Å². The fourth-order valence-corrected chi connectivity index (χ4v) is 7.48. The highest BCUT2D eigenvalue weighted by molar-refractivity contribution is 9.10. The Kier molecular flexibility index (Phi) is 6.99. The van der Waals surface area contributed by atoms with Gasteiger partial charge in [0.2, 0.25) is 0 Å². The molecular weight excluding hydrogens is 497 g/mol. The van der Waals surface area contributed by atoms with Crippen LogP contribution < -0.4 is 10.1 Å². The van der Waals surface area contributed by atoms with E-state index in [9.17, 15) is 14.3 Å². The average molecular weight is 530 g/mol. The highest BCUT2D eigenvalue weighted by atomic mass is 79.9. The van der Waals surface area contributed by atoms with Crippen LogP contribution in [0.5, 0.6) is 5.75 Å². The van der Waals surface area contributed by atoms with Gasteiger partial charge in [-0.2, -0.15) is 0 Å². The molecule has 0 radical (unpaired) electrons. The van der Waals surface area contributed by atoms with E-state index < -0.39 is 6.10 Å². The molecule has 0 aromatic heterocycles. The van der Waals surface area contributed by atoms with E-state index in [4.69, 9.17) is 4.74 Å². The number of rotatable bonds is 9.